The van der Waals surface area contributed by atoms with Gasteiger partial charge in [0.05, 0.1) is 17.2 Å². The number of thioether (sulfide) groups is 1. The predicted octanol–water partition coefficient (Wildman–Crippen LogP) is 6.17. The van der Waals surface area contributed by atoms with Crippen molar-refractivity contribution in [1.29, 1.82) is 0 Å². The number of benzene rings is 2. The summed E-state index contributed by atoms with van der Waals surface area (Å²) in [7, 11) is 0. The van der Waals surface area contributed by atoms with Gasteiger partial charge in [0.15, 0.2) is 5.69 Å². The molecule has 4 nitrogen and oxygen atoms in total. The fraction of sp³-hybridized carbons (Fsp3) is 0.300. The van der Waals surface area contributed by atoms with E-state index in [1.807, 2.05) is 52.7 Å². The van der Waals surface area contributed by atoms with Crippen molar-refractivity contribution in [3.05, 3.63) is 54.1 Å². The monoisotopic (exact) mass is 351 g/mol. The quantitative estimate of drug-likeness (QED) is 0.571. The molecule has 2 aromatic carbocycles. The third-order valence-corrected chi connectivity index (χ3v) is 5.91. The van der Waals surface area contributed by atoms with E-state index in [1.54, 1.807) is 0 Å². The highest BCUT2D eigenvalue weighted by Gasteiger charge is 2.27. The number of rotatable bonds is 4. The standard InChI is InChI=1S/C20H21N3OS/c1-13(2)14-7-9-15(10-8-14)21-22-19-17-5-3-4-6-18(17)23(20(19)24)16-11-25-12-16/h3-10,13,16,24H,11-12H2,1-2H3. The minimum Gasteiger partial charge on any atom is -0.493 e. The third kappa shape index (κ3) is 2.93. The Kier molecular flexibility index (Phi) is 4.25. The summed E-state index contributed by atoms with van der Waals surface area (Å²) in [5, 5.41) is 20.4. The van der Waals surface area contributed by atoms with Crippen LogP contribution in [0.2, 0.25) is 0 Å². The third-order valence-electron chi connectivity index (χ3n) is 4.67. The van der Waals surface area contributed by atoms with Gasteiger partial charge in [-0.25, -0.2) is 0 Å². The zero-order valence-electron chi connectivity index (χ0n) is 14.4. The Hall–Kier alpha value is -2.27. The van der Waals surface area contributed by atoms with Crippen molar-refractivity contribution in [2.45, 2.75) is 25.8 Å². The summed E-state index contributed by atoms with van der Waals surface area (Å²) in [5.74, 6) is 2.77. The summed E-state index contributed by atoms with van der Waals surface area (Å²) in [5.41, 5.74) is 3.65. The second kappa shape index (κ2) is 6.56. The normalized spacial score (nSPS) is 15.3. The molecule has 0 bridgehead atoms. The first-order valence-electron chi connectivity index (χ1n) is 8.56. The van der Waals surface area contributed by atoms with Gasteiger partial charge in [-0.15, -0.1) is 5.11 Å². The average Bonchev–Trinajstić information content (AvgIpc) is 2.85. The van der Waals surface area contributed by atoms with E-state index in [2.05, 4.69) is 36.2 Å². The first kappa shape index (κ1) is 16.2. The fourth-order valence-electron chi connectivity index (χ4n) is 3.11. The van der Waals surface area contributed by atoms with Gasteiger partial charge in [0, 0.05) is 16.9 Å². The second-order valence-electron chi connectivity index (χ2n) is 6.70. The molecule has 0 atom stereocenters. The molecule has 1 fully saturated rings. The van der Waals surface area contributed by atoms with Gasteiger partial charge in [-0.1, -0.05) is 44.2 Å². The largest absolute Gasteiger partial charge is 0.493 e. The average molecular weight is 351 g/mol. The maximum atomic E-state index is 10.7. The molecule has 0 radical (unpaired) electrons. The molecule has 0 amide bonds. The first-order valence-corrected chi connectivity index (χ1v) is 9.72. The highest BCUT2D eigenvalue weighted by molar-refractivity contribution is 8.00. The van der Waals surface area contributed by atoms with E-state index in [0.29, 0.717) is 17.6 Å². The Labute approximate surface area is 151 Å². The van der Waals surface area contributed by atoms with E-state index < -0.39 is 0 Å². The number of aromatic hydroxyl groups is 1. The predicted molar refractivity (Wildman–Crippen MR) is 105 cm³/mol. The molecule has 0 saturated carbocycles. The van der Waals surface area contributed by atoms with Gasteiger partial charge in [-0.2, -0.15) is 16.9 Å². The van der Waals surface area contributed by atoms with E-state index >= 15 is 0 Å². The first-order chi connectivity index (χ1) is 12.1. The lowest BCUT2D eigenvalue weighted by atomic mass is 10.0. The molecule has 3 aromatic rings. The maximum absolute atomic E-state index is 10.7. The van der Waals surface area contributed by atoms with Crippen LogP contribution in [0.15, 0.2) is 58.8 Å². The zero-order valence-corrected chi connectivity index (χ0v) is 15.2. The van der Waals surface area contributed by atoms with Gasteiger partial charge in [0.25, 0.3) is 0 Å². The van der Waals surface area contributed by atoms with Gasteiger partial charge < -0.3 is 9.67 Å². The van der Waals surface area contributed by atoms with Gasteiger partial charge in [-0.05, 0) is 29.7 Å². The molecule has 1 aliphatic heterocycles. The van der Waals surface area contributed by atoms with Crippen molar-refractivity contribution in [2.24, 2.45) is 10.2 Å². The summed E-state index contributed by atoms with van der Waals surface area (Å²) in [6.07, 6.45) is 0. The lowest BCUT2D eigenvalue weighted by molar-refractivity contribution is 0.406. The Morgan fingerprint density at radius 3 is 2.40 bits per heavy atom. The smallest absolute Gasteiger partial charge is 0.221 e. The molecule has 25 heavy (non-hydrogen) atoms. The van der Waals surface area contributed by atoms with Crippen LogP contribution in [0, 0.1) is 0 Å². The number of nitrogens with zero attached hydrogens (tertiary/aromatic N) is 3. The molecule has 1 aliphatic rings. The van der Waals surface area contributed by atoms with Gasteiger partial charge >= 0.3 is 0 Å². The topological polar surface area (TPSA) is 49.9 Å². The van der Waals surface area contributed by atoms with Gasteiger partial charge in [0.1, 0.15) is 0 Å². The summed E-state index contributed by atoms with van der Waals surface area (Å²) >= 11 is 1.89. The lowest BCUT2D eigenvalue weighted by Crippen LogP contribution is -2.22. The minimum atomic E-state index is 0.217. The van der Waals surface area contributed by atoms with Crippen molar-refractivity contribution in [3.63, 3.8) is 0 Å². The molecule has 4 rings (SSSR count). The highest BCUT2D eigenvalue weighted by atomic mass is 32.2. The van der Waals surface area contributed by atoms with Gasteiger partial charge in [0.2, 0.25) is 5.88 Å². The van der Waals surface area contributed by atoms with Crippen molar-refractivity contribution < 1.29 is 5.11 Å². The molecule has 1 saturated heterocycles. The Balaban J connectivity index is 1.72. The van der Waals surface area contributed by atoms with Crippen LogP contribution in [0.25, 0.3) is 10.9 Å². The van der Waals surface area contributed by atoms with E-state index in [-0.39, 0.29) is 5.88 Å². The Morgan fingerprint density at radius 2 is 1.76 bits per heavy atom. The molecule has 1 N–H and O–H groups in total. The number of azo groups is 1. The Morgan fingerprint density at radius 1 is 1.04 bits per heavy atom. The van der Waals surface area contributed by atoms with Crippen LogP contribution in [0.1, 0.15) is 31.4 Å². The van der Waals surface area contributed by atoms with E-state index in [1.165, 1.54) is 5.56 Å². The molecule has 0 aliphatic carbocycles. The van der Waals surface area contributed by atoms with Crippen LogP contribution >= 0.6 is 11.8 Å². The number of aromatic nitrogens is 1. The second-order valence-corrected chi connectivity index (χ2v) is 7.77. The van der Waals surface area contributed by atoms with Gasteiger partial charge in [-0.3, -0.25) is 0 Å². The van der Waals surface area contributed by atoms with Crippen molar-refractivity contribution in [1.82, 2.24) is 4.57 Å². The Bertz CT molecular complexity index is 924. The molecule has 2 heterocycles. The SMILES string of the molecule is CC(C)c1ccc(N=Nc2c(O)n(C3CSC3)c3ccccc23)cc1. The van der Waals surface area contributed by atoms with Crippen molar-refractivity contribution in [2.75, 3.05) is 11.5 Å². The summed E-state index contributed by atoms with van der Waals surface area (Å²) < 4.78 is 2.00. The number of para-hydroxylation sites is 1. The summed E-state index contributed by atoms with van der Waals surface area (Å²) in [4.78, 5) is 0. The van der Waals surface area contributed by atoms with Crippen LogP contribution in [0.3, 0.4) is 0 Å². The van der Waals surface area contributed by atoms with Crippen molar-refractivity contribution >= 4 is 34.0 Å². The lowest BCUT2D eigenvalue weighted by Gasteiger charge is -2.27. The molecule has 0 unspecified atom stereocenters. The van der Waals surface area contributed by atoms with Crippen LogP contribution in [0.5, 0.6) is 5.88 Å². The number of hydrogen-bond acceptors (Lipinski definition) is 4. The summed E-state index contributed by atoms with van der Waals surface area (Å²) in [6.45, 7) is 4.34. The van der Waals surface area contributed by atoms with Crippen LogP contribution in [-0.4, -0.2) is 21.2 Å². The van der Waals surface area contributed by atoms with E-state index in [0.717, 1.165) is 28.1 Å². The molecular weight excluding hydrogens is 330 g/mol. The van der Waals surface area contributed by atoms with Crippen LogP contribution in [-0.2, 0) is 0 Å². The zero-order chi connectivity index (χ0) is 17.4. The maximum Gasteiger partial charge on any atom is 0.221 e. The fourth-order valence-corrected chi connectivity index (χ4v) is 3.85. The molecule has 0 spiro atoms. The van der Waals surface area contributed by atoms with E-state index in [4.69, 9.17) is 0 Å². The van der Waals surface area contributed by atoms with Crippen molar-refractivity contribution in [3.8, 4) is 5.88 Å². The summed E-state index contributed by atoms with van der Waals surface area (Å²) in [6, 6.07) is 16.4. The molecule has 5 heteroatoms. The van der Waals surface area contributed by atoms with Crippen LogP contribution in [0.4, 0.5) is 11.4 Å². The molecular formula is C20H21N3OS. The number of hydrogen-bond donors (Lipinski definition) is 1. The highest BCUT2D eigenvalue weighted by Crippen LogP contribution is 2.44. The molecule has 128 valence electrons. The number of fused-ring (bicyclic) bond motifs is 1. The van der Waals surface area contributed by atoms with Crippen LogP contribution < -0.4 is 0 Å². The van der Waals surface area contributed by atoms with E-state index in [9.17, 15) is 5.11 Å². The minimum absolute atomic E-state index is 0.217. The molecule has 1 aromatic heterocycles.